The summed E-state index contributed by atoms with van der Waals surface area (Å²) >= 11 is 0. The Balaban J connectivity index is 2.05. The van der Waals surface area contributed by atoms with Crippen LogP contribution < -0.4 is 11.1 Å². The number of nitro groups is 1. The molecule has 124 valence electrons. The number of nitrogens with one attached hydrogen (secondary N) is 1. The molecule has 1 heterocycles. The van der Waals surface area contributed by atoms with Gasteiger partial charge in [0.2, 0.25) is 5.82 Å². The number of rotatable bonds is 3. The van der Waals surface area contributed by atoms with E-state index in [0.717, 1.165) is 30.4 Å². The molecule has 1 atom stereocenters. The Kier molecular flexibility index (Phi) is 4.03. The summed E-state index contributed by atoms with van der Waals surface area (Å²) in [6.45, 7) is 0. The Morgan fingerprint density at radius 2 is 2.21 bits per heavy atom. The minimum Gasteiger partial charge on any atom is -0.465 e. The molecule has 0 saturated carbocycles. The summed E-state index contributed by atoms with van der Waals surface area (Å²) in [6.07, 6.45) is 2.76. The largest absolute Gasteiger partial charge is 0.465 e. The number of benzene rings is 1. The maximum atomic E-state index is 11.3. The summed E-state index contributed by atoms with van der Waals surface area (Å²) in [5.41, 5.74) is 8.41. The van der Waals surface area contributed by atoms with Gasteiger partial charge in [-0.3, -0.25) is 10.1 Å². The van der Waals surface area contributed by atoms with E-state index in [1.54, 1.807) is 12.1 Å². The Hall–Kier alpha value is -3.16. The van der Waals surface area contributed by atoms with Gasteiger partial charge in [-0.2, -0.15) is 0 Å². The number of nitrogens with zero attached hydrogens (tertiary/aromatic N) is 2. The molecule has 0 spiro atoms. The monoisotopic (exact) mass is 328 g/mol. The minimum atomic E-state index is -1.06. The van der Waals surface area contributed by atoms with Gasteiger partial charge in [0, 0.05) is 6.20 Å². The first-order valence-corrected chi connectivity index (χ1v) is 7.49. The molecule has 8 nitrogen and oxygen atoms in total. The number of pyridine rings is 1. The van der Waals surface area contributed by atoms with Gasteiger partial charge in [0.1, 0.15) is 0 Å². The van der Waals surface area contributed by atoms with Gasteiger partial charge in [0.25, 0.3) is 0 Å². The quantitative estimate of drug-likeness (QED) is 0.586. The summed E-state index contributed by atoms with van der Waals surface area (Å²) in [5.74, 6) is -0.124. The molecule has 1 aromatic carbocycles. The van der Waals surface area contributed by atoms with E-state index in [1.807, 2.05) is 12.1 Å². The fourth-order valence-corrected chi connectivity index (χ4v) is 3.18. The second kappa shape index (κ2) is 6.15. The zero-order valence-corrected chi connectivity index (χ0v) is 12.7. The number of fused-ring (bicyclic) bond motifs is 1. The highest BCUT2D eigenvalue weighted by Gasteiger charge is 2.24. The molecule has 2 aromatic rings. The standard InChI is InChI=1S/C16H16N4O4/c17-15-14(20(23)24)12(6-7-18-15)10-4-5-11-9(8-10)2-1-3-13(11)19-16(21)22/h4-8,13,19H,1-3H2,(H2,17,18)(H,21,22). The van der Waals surface area contributed by atoms with Crippen molar-refractivity contribution >= 4 is 17.6 Å². The number of anilines is 1. The number of amides is 1. The lowest BCUT2D eigenvalue weighted by atomic mass is 9.85. The number of nitrogen functional groups attached to an aromatic ring is 1. The zero-order valence-electron chi connectivity index (χ0n) is 12.7. The SMILES string of the molecule is Nc1nccc(-c2ccc3c(c2)CCCC3NC(=O)O)c1[N+](=O)[O-]. The van der Waals surface area contributed by atoms with Crippen LogP contribution in [0.3, 0.4) is 0 Å². The number of hydrogen-bond acceptors (Lipinski definition) is 5. The Morgan fingerprint density at radius 3 is 2.92 bits per heavy atom. The average molecular weight is 328 g/mol. The minimum absolute atomic E-state index is 0.124. The van der Waals surface area contributed by atoms with Crippen molar-refractivity contribution in [3.8, 4) is 11.1 Å². The van der Waals surface area contributed by atoms with Crippen molar-refractivity contribution in [3.05, 3.63) is 51.7 Å². The first kappa shape index (κ1) is 15.7. The van der Waals surface area contributed by atoms with Crippen molar-refractivity contribution in [1.82, 2.24) is 10.3 Å². The number of aromatic nitrogens is 1. The molecule has 24 heavy (non-hydrogen) atoms. The first-order valence-electron chi connectivity index (χ1n) is 7.49. The van der Waals surface area contributed by atoms with Gasteiger partial charge in [0.15, 0.2) is 0 Å². The fraction of sp³-hybridized carbons (Fsp3) is 0.250. The van der Waals surface area contributed by atoms with Crippen LogP contribution in [0.5, 0.6) is 0 Å². The van der Waals surface area contributed by atoms with E-state index in [-0.39, 0.29) is 17.5 Å². The number of carboxylic acid groups (broad SMARTS) is 1. The molecule has 0 aliphatic heterocycles. The predicted molar refractivity (Wildman–Crippen MR) is 87.6 cm³/mol. The second-order valence-corrected chi connectivity index (χ2v) is 5.66. The third-order valence-electron chi connectivity index (χ3n) is 4.20. The normalized spacial score (nSPS) is 16.2. The van der Waals surface area contributed by atoms with Crippen molar-refractivity contribution in [2.75, 3.05) is 5.73 Å². The van der Waals surface area contributed by atoms with Gasteiger partial charge in [0.05, 0.1) is 16.5 Å². The summed E-state index contributed by atoms with van der Waals surface area (Å²) in [6, 6.07) is 6.75. The highest BCUT2D eigenvalue weighted by molar-refractivity contribution is 5.79. The molecular weight excluding hydrogens is 312 g/mol. The highest BCUT2D eigenvalue weighted by atomic mass is 16.6. The van der Waals surface area contributed by atoms with Crippen LogP contribution in [-0.4, -0.2) is 21.1 Å². The molecule has 0 radical (unpaired) electrons. The molecule has 1 unspecified atom stereocenters. The number of hydrogen-bond donors (Lipinski definition) is 3. The third-order valence-corrected chi connectivity index (χ3v) is 4.20. The third kappa shape index (κ3) is 2.85. The predicted octanol–water partition coefficient (Wildman–Crippen LogP) is 2.88. The smallest absolute Gasteiger partial charge is 0.405 e. The van der Waals surface area contributed by atoms with E-state index >= 15 is 0 Å². The van der Waals surface area contributed by atoms with Gasteiger partial charge in [-0.05, 0) is 42.0 Å². The molecule has 1 aliphatic rings. The lowest BCUT2D eigenvalue weighted by Gasteiger charge is -2.26. The van der Waals surface area contributed by atoms with Crippen molar-refractivity contribution in [1.29, 1.82) is 0 Å². The van der Waals surface area contributed by atoms with Crippen LogP contribution in [0.4, 0.5) is 16.3 Å². The number of aryl methyl sites for hydroxylation is 1. The molecule has 1 aromatic heterocycles. The fourth-order valence-electron chi connectivity index (χ4n) is 3.18. The van der Waals surface area contributed by atoms with E-state index in [2.05, 4.69) is 10.3 Å². The van der Waals surface area contributed by atoms with Gasteiger partial charge < -0.3 is 16.2 Å². The van der Waals surface area contributed by atoms with Gasteiger partial charge in [-0.1, -0.05) is 18.2 Å². The summed E-state index contributed by atoms with van der Waals surface area (Å²) in [4.78, 5) is 25.4. The first-order chi connectivity index (χ1) is 11.5. The summed E-state index contributed by atoms with van der Waals surface area (Å²) in [7, 11) is 0. The molecular formula is C16H16N4O4. The maximum absolute atomic E-state index is 11.3. The van der Waals surface area contributed by atoms with Crippen LogP contribution in [0, 0.1) is 10.1 Å². The van der Waals surface area contributed by atoms with E-state index in [1.165, 1.54) is 6.20 Å². The van der Waals surface area contributed by atoms with Crippen LogP contribution in [0.2, 0.25) is 0 Å². The van der Waals surface area contributed by atoms with Crippen LogP contribution in [0.15, 0.2) is 30.5 Å². The number of carbonyl (C=O) groups is 1. The number of nitrogens with two attached hydrogens (primary N) is 1. The van der Waals surface area contributed by atoms with Crippen molar-refractivity contribution in [3.63, 3.8) is 0 Å². The zero-order chi connectivity index (χ0) is 17.3. The van der Waals surface area contributed by atoms with Gasteiger partial charge in [-0.15, -0.1) is 0 Å². The van der Waals surface area contributed by atoms with Crippen molar-refractivity contribution in [2.24, 2.45) is 0 Å². The lowest BCUT2D eigenvalue weighted by molar-refractivity contribution is -0.383. The Bertz CT molecular complexity index is 822. The summed E-state index contributed by atoms with van der Waals surface area (Å²) < 4.78 is 0. The van der Waals surface area contributed by atoms with Crippen molar-refractivity contribution < 1.29 is 14.8 Å². The molecule has 0 bridgehead atoms. The Morgan fingerprint density at radius 1 is 1.42 bits per heavy atom. The van der Waals surface area contributed by atoms with Gasteiger partial charge >= 0.3 is 11.8 Å². The summed E-state index contributed by atoms with van der Waals surface area (Å²) in [5, 5.41) is 22.7. The van der Waals surface area contributed by atoms with E-state index in [4.69, 9.17) is 10.8 Å². The maximum Gasteiger partial charge on any atom is 0.405 e. The van der Waals surface area contributed by atoms with E-state index in [9.17, 15) is 14.9 Å². The molecule has 8 heteroatoms. The second-order valence-electron chi connectivity index (χ2n) is 5.66. The van der Waals surface area contributed by atoms with Crippen LogP contribution in [0.25, 0.3) is 11.1 Å². The van der Waals surface area contributed by atoms with E-state index < -0.39 is 11.0 Å². The topological polar surface area (TPSA) is 131 Å². The van der Waals surface area contributed by atoms with Gasteiger partial charge in [-0.25, -0.2) is 9.78 Å². The highest BCUT2D eigenvalue weighted by Crippen LogP contribution is 2.37. The van der Waals surface area contributed by atoms with E-state index in [0.29, 0.717) is 11.1 Å². The molecule has 1 aliphatic carbocycles. The lowest BCUT2D eigenvalue weighted by Crippen LogP contribution is -2.29. The van der Waals surface area contributed by atoms with Crippen LogP contribution in [-0.2, 0) is 6.42 Å². The molecule has 1 amide bonds. The van der Waals surface area contributed by atoms with Crippen molar-refractivity contribution in [2.45, 2.75) is 25.3 Å². The average Bonchev–Trinajstić information content (AvgIpc) is 2.53. The van der Waals surface area contributed by atoms with Crippen LogP contribution in [0.1, 0.15) is 30.0 Å². The molecule has 0 fully saturated rings. The molecule has 4 N–H and O–H groups in total. The molecule has 3 rings (SSSR count). The Labute approximate surface area is 137 Å². The molecule has 0 saturated heterocycles. The van der Waals surface area contributed by atoms with Crippen LogP contribution >= 0.6 is 0 Å².